The van der Waals surface area contributed by atoms with Crippen LogP contribution in [-0.4, -0.2) is 29.9 Å². The third-order valence-corrected chi connectivity index (χ3v) is 8.03. The van der Waals surface area contributed by atoms with Gasteiger partial charge in [-0.05, 0) is 84.7 Å². The first-order chi connectivity index (χ1) is 20.4. The number of esters is 1. The molecule has 5 nitrogen and oxygen atoms in total. The molecule has 0 radical (unpaired) electrons. The average Bonchev–Trinajstić information content (AvgIpc) is 3.00. The molecular weight excluding hydrogens is 524 g/mol. The second-order valence-electron chi connectivity index (χ2n) is 11.3. The molecule has 5 rings (SSSR count). The molecule has 218 valence electrons. The standard InChI is InChI=1S/C37H40O5/c1-3-40-35(38)25-37(2,39)22-23-41-31-17-14-29(15-18-31)36-33(28-12-8-5-9-13-28)20-16-30-24-32(19-21-34(30)36)42-26-27-10-6-4-7-11-27/h4-15,17-19,21,24,33,36,39H,3,16,20,22-23,25-26H2,1-2H3/t33-,36+,37?/m1/s1. The van der Waals surface area contributed by atoms with Crippen LogP contribution >= 0.6 is 0 Å². The number of aryl methyl sites for hydroxylation is 1. The summed E-state index contributed by atoms with van der Waals surface area (Å²) in [5.41, 5.74) is 5.24. The van der Waals surface area contributed by atoms with Crippen LogP contribution in [0.3, 0.4) is 0 Å². The van der Waals surface area contributed by atoms with E-state index in [0.29, 0.717) is 32.2 Å². The lowest BCUT2D eigenvalue weighted by Gasteiger charge is -2.35. The van der Waals surface area contributed by atoms with Gasteiger partial charge in [0, 0.05) is 12.3 Å². The molecule has 4 aromatic carbocycles. The molecule has 4 aromatic rings. The van der Waals surface area contributed by atoms with E-state index in [9.17, 15) is 9.90 Å². The van der Waals surface area contributed by atoms with Gasteiger partial charge in [-0.3, -0.25) is 4.79 Å². The lowest BCUT2D eigenvalue weighted by molar-refractivity contribution is -0.148. The van der Waals surface area contributed by atoms with Crippen molar-refractivity contribution in [3.8, 4) is 11.5 Å². The van der Waals surface area contributed by atoms with Crippen molar-refractivity contribution in [1.82, 2.24) is 0 Å². The van der Waals surface area contributed by atoms with E-state index < -0.39 is 11.6 Å². The topological polar surface area (TPSA) is 65.0 Å². The number of aliphatic hydroxyl groups is 1. The van der Waals surface area contributed by atoms with Crippen LogP contribution in [-0.2, 0) is 22.6 Å². The van der Waals surface area contributed by atoms with Crippen molar-refractivity contribution < 1.29 is 24.1 Å². The largest absolute Gasteiger partial charge is 0.493 e. The molecule has 0 saturated carbocycles. The Morgan fingerprint density at radius 1 is 0.857 bits per heavy atom. The molecule has 42 heavy (non-hydrogen) atoms. The van der Waals surface area contributed by atoms with Crippen molar-refractivity contribution in [2.45, 2.75) is 63.6 Å². The lowest BCUT2D eigenvalue weighted by atomic mass is 9.69. The van der Waals surface area contributed by atoms with Crippen LogP contribution in [0.4, 0.5) is 0 Å². The third kappa shape index (κ3) is 7.59. The highest BCUT2D eigenvalue weighted by Gasteiger charge is 2.32. The molecule has 1 aliphatic rings. The maximum atomic E-state index is 11.8. The number of hydrogen-bond donors (Lipinski definition) is 1. The van der Waals surface area contributed by atoms with Crippen LogP contribution in [0.1, 0.15) is 72.8 Å². The summed E-state index contributed by atoms with van der Waals surface area (Å²) >= 11 is 0. The first-order valence-corrected chi connectivity index (χ1v) is 14.9. The maximum Gasteiger partial charge on any atom is 0.308 e. The number of carbonyl (C=O) groups excluding carboxylic acids is 1. The zero-order valence-corrected chi connectivity index (χ0v) is 24.5. The molecule has 0 bridgehead atoms. The van der Waals surface area contributed by atoms with Gasteiger partial charge < -0.3 is 19.3 Å². The summed E-state index contributed by atoms with van der Waals surface area (Å²) < 4.78 is 17.1. The minimum absolute atomic E-state index is 0.0515. The number of carbonyl (C=O) groups is 1. The maximum absolute atomic E-state index is 11.8. The van der Waals surface area contributed by atoms with Crippen LogP contribution in [0.2, 0.25) is 0 Å². The Kier molecular flexibility index (Phi) is 9.60. The Balaban J connectivity index is 1.31. The molecule has 0 aromatic heterocycles. The second kappa shape index (κ2) is 13.7. The number of rotatable bonds is 12. The molecule has 0 fully saturated rings. The highest BCUT2D eigenvalue weighted by molar-refractivity contribution is 5.70. The summed E-state index contributed by atoms with van der Waals surface area (Å²) in [5.74, 6) is 1.81. The zero-order chi connectivity index (χ0) is 29.4. The van der Waals surface area contributed by atoms with Gasteiger partial charge in [0.1, 0.15) is 18.1 Å². The van der Waals surface area contributed by atoms with Gasteiger partial charge in [0.2, 0.25) is 0 Å². The summed E-state index contributed by atoms with van der Waals surface area (Å²) in [6.07, 6.45) is 2.33. The fraction of sp³-hybridized carbons (Fsp3) is 0.324. The first-order valence-electron chi connectivity index (χ1n) is 14.9. The van der Waals surface area contributed by atoms with Crippen LogP contribution in [0, 0.1) is 0 Å². The number of ether oxygens (including phenoxy) is 3. The van der Waals surface area contributed by atoms with Crippen molar-refractivity contribution in [2.24, 2.45) is 0 Å². The lowest BCUT2D eigenvalue weighted by Crippen LogP contribution is -2.30. The van der Waals surface area contributed by atoms with Gasteiger partial charge in [0.15, 0.2) is 0 Å². The van der Waals surface area contributed by atoms with E-state index in [2.05, 4.69) is 72.8 Å². The van der Waals surface area contributed by atoms with Crippen LogP contribution in [0.5, 0.6) is 11.5 Å². The van der Waals surface area contributed by atoms with E-state index in [1.807, 2.05) is 30.3 Å². The molecule has 0 aliphatic heterocycles. The van der Waals surface area contributed by atoms with E-state index >= 15 is 0 Å². The Morgan fingerprint density at radius 2 is 1.55 bits per heavy atom. The van der Waals surface area contributed by atoms with Gasteiger partial charge in [0.05, 0.1) is 25.2 Å². The minimum atomic E-state index is -1.18. The average molecular weight is 565 g/mol. The van der Waals surface area contributed by atoms with Crippen molar-refractivity contribution in [1.29, 1.82) is 0 Å². The Labute approximate surface area is 249 Å². The van der Waals surface area contributed by atoms with Gasteiger partial charge in [0.25, 0.3) is 0 Å². The Morgan fingerprint density at radius 3 is 2.26 bits per heavy atom. The van der Waals surface area contributed by atoms with Crippen molar-refractivity contribution >= 4 is 5.97 Å². The highest BCUT2D eigenvalue weighted by Crippen LogP contribution is 2.47. The van der Waals surface area contributed by atoms with E-state index in [1.165, 1.54) is 22.3 Å². The molecular formula is C37H40O5. The summed E-state index contributed by atoms with van der Waals surface area (Å²) in [6, 6.07) is 35.9. The fourth-order valence-electron chi connectivity index (χ4n) is 5.87. The van der Waals surface area contributed by atoms with Crippen LogP contribution < -0.4 is 9.47 Å². The molecule has 5 heteroatoms. The molecule has 0 amide bonds. The van der Waals surface area contributed by atoms with Gasteiger partial charge in [-0.25, -0.2) is 0 Å². The van der Waals surface area contributed by atoms with E-state index in [0.717, 1.165) is 29.9 Å². The fourth-order valence-corrected chi connectivity index (χ4v) is 5.87. The van der Waals surface area contributed by atoms with Gasteiger partial charge in [-0.2, -0.15) is 0 Å². The smallest absolute Gasteiger partial charge is 0.308 e. The summed E-state index contributed by atoms with van der Waals surface area (Å²) in [7, 11) is 0. The minimum Gasteiger partial charge on any atom is -0.493 e. The van der Waals surface area contributed by atoms with Crippen molar-refractivity contribution in [3.63, 3.8) is 0 Å². The zero-order valence-electron chi connectivity index (χ0n) is 24.5. The van der Waals surface area contributed by atoms with E-state index in [4.69, 9.17) is 14.2 Å². The number of hydrogen-bond acceptors (Lipinski definition) is 5. The first kappa shape index (κ1) is 29.4. The predicted octanol–water partition coefficient (Wildman–Crippen LogP) is 7.60. The van der Waals surface area contributed by atoms with Gasteiger partial charge in [-0.15, -0.1) is 0 Å². The normalized spacial score (nSPS) is 17.5. The molecule has 1 unspecified atom stereocenters. The Bertz CT molecular complexity index is 1430. The van der Waals surface area contributed by atoms with Gasteiger partial charge >= 0.3 is 5.97 Å². The summed E-state index contributed by atoms with van der Waals surface area (Å²) in [4.78, 5) is 11.8. The molecule has 1 aliphatic carbocycles. The van der Waals surface area contributed by atoms with E-state index in [1.54, 1.807) is 13.8 Å². The van der Waals surface area contributed by atoms with Gasteiger partial charge in [-0.1, -0.05) is 78.9 Å². The highest BCUT2D eigenvalue weighted by atomic mass is 16.5. The molecule has 0 saturated heterocycles. The van der Waals surface area contributed by atoms with E-state index in [-0.39, 0.29) is 12.3 Å². The van der Waals surface area contributed by atoms with Crippen LogP contribution in [0.15, 0.2) is 103 Å². The summed E-state index contributed by atoms with van der Waals surface area (Å²) in [6.45, 7) is 4.55. The SMILES string of the molecule is CCOC(=O)CC(C)(O)CCOc1ccc([C@@H]2c3ccc(OCc4ccccc4)cc3CC[C@@H]2c2ccccc2)cc1. The molecule has 1 N–H and O–H groups in total. The third-order valence-electron chi connectivity index (χ3n) is 8.03. The summed E-state index contributed by atoms with van der Waals surface area (Å²) in [5, 5.41) is 10.6. The monoisotopic (exact) mass is 564 g/mol. The molecule has 0 heterocycles. The quantitative estimate of drug-likeness (QED) is 0.180. The van der Waals surface area contributed by atoms with Crippen LogP contribution in [0.25, 0.3) is 0 Å². The molecule has 3 atom stereocenters. The second-order valence-corrected chi connectivity index (χ2v) is 11.3. The number of fused-ring (bicyclic) bond motifs is 1. The number of benzene rings is 4. The predicted molar refractivity (Wildman–Crippen MR) is 165 cm³/mol. The van der Waals surface area contributed by atoms with Crippen molar-refractivity contribution in [2.75, 3.05) is 13.2 Å². The molecule has 0 spiro atoms. The Hall–Kier alpha value is -4.09. The van der Waals surface area contributed by atoms with Crippen molar-refractivity contribution in [3.05, 3.63) is 131 Å².